The number of hydrogen-bond acceptors (Lipinski definition) is 2. The van der Waals surface area contributed by atoms with Crippen LogP contribution < -0.4 is 0 Å². The van der Waals surface area contributed by atoms with E-state index in [4.69, 9.17) is 4.74 Å². The molecule has 1 aromatic carbocycles. The lowest BCUT2D eigenvalue weighted by Crippen LogP contribution is -2.36. The summed E-state index contributed by atoms with van der Waals surface area (Å²) in [7, 11) is 1.80. The molecule has 3 heteroatoms. The Balaban J connectivity index is 1.87. The molecule has 1 saturated heterocycles. The Morgan fingerprint density at radius 2 is 2.12 bits per heavy atom. The van der Waals surface area contributed by atoms with Gasteiger partial charge in [-0.1, -0.05) is 28.1 Å². The molecule has 0 N–H and O–H groups in total. The Hall–Kier alpha value is -0.380. The Bertz CT molecular complexity index is 337. The minimum Gasteiger partial charge on any atom is -0.384 e. The number of methoxy groups -OCH3 is 1. The molecule has 2 nitrogen and oxygen atoms in total. The summed E-state index contributed by atoms with van der Waals surface area (Å²) >= 11 is 3.47. The molecule has 1 fully saturated rings. The molecule has 1 aliphatic rings. The summed E-state index contributed by atoms with van der Waals surface area (Å²) in [4.78, 5) is 2.54. The number of rotatable bonds is 4. The maximum absolute atomic E-state index is 5.26. The Morgan fingerprint density at radius 1 is 1.35 bits per heavy atom. The summed E-state index contributed by atoms with van der Waals surface area (Å²) < 4.78 is 6.41. The first-order valence-electron chi connectivity index (χ1n) is 6.23. The predicted octanol–water partition coefficient (Wildman–Crippen LogP) is 3.31. The van der Waals surface area contributed by atoms with E-state index in [9.17, 15) is 0 Å². The summed E-state index contributed by atoms with van der Waals surface area (Å²) in [6.07, 6.45) is 2.61. The summed E-state index contributed by atoms with van der Waals surface area (Å²) in [5.41, 5.74) is 1.39. The quantitative estimate of drug-likeness (QED) is 0.845. The van der Waals surface area contributed by atoms with Gasteiger partial charge in [0.15, 0.2) is 0 Å². The minimum absolute atomic E-state index is 0.712. The van der Waals surface area contributed by atoms with Crippen molar-refractivity contribution in [3.8, 4) is 0 Å². The second-order valence-corrected chi connectivity index (χ2v) is 5.74. The van der Waals surface area contributed by atoms with Gasteiger partial charge in [-0.2, -0.15) is 0 Å². The maximum atomic E-state index is 5.26. The predicted molar refractivity (Wildman–Crippen MR) is 74.0 cm³/mol. The van der Waals surface area contributed by atoms with E-state index < -0.39 is 0 Å². The van der Waals surface area contributed by atoms with Crippen molar-refractivity contribution in [3.05, 3.63) is 34.3 Å². The van der Waals surface area contributed by atoms with Crippen molar-refractivity contribution in [2.45, 2.75) is 19.4 Å². The average molecular weight is 298 g/mol. The normalized spacial score (nSPS) is 21.6. The SMILES string of the molecule is COC[C@@H]1CCCN(Cc2ccc(Br)cc2)C1. The van der Waals surface area contributed by atoms with Gasteiger partial charge in [-0.05, 0) is 43.0 Å². The average Bonchev–Trinajstić information content (AvgIpc) is 2.33. The van der Waals surface area contributed by atoms with E-state index in [1.54, 1.807) is 7.11 Å². The van der Waals surface area contributed by atoms with E-state index in [1.165, 1.54) is 31.5 Å². The van der Waals surface area contributed by atoms with Crippen LogP contribution in [0, 0.1) is 5.92 Å². The van der Waals surface area contributed by atoms with Crippen LogP contribution in [0.5, 0.6) is 0 Å². The van der Waals surface area contributed by atoms with Crippen LogP contribution in [0.2, 0.25) is 0 Å². The van der Waals surface area contributed by atoms with Crippen molar-refractivity contribution in [2.75, 3.05) is 26.8 Å². The van der Waals surface area contributed by atoms with Gasteiger partial charge in [0.1, 0.15) is 0 Å². The molecule has 0 aromatic heterocycles. The zero-order valence-corrected chi connectivity index (χ0v) is 11.9. The van der Waals surface area contributed by atoms with Crippen LogP contribution in [0.25, 0.3) is 0 Å². The first-order chi connectivity index (χ1) is 8.28. The lowest BCUT2D eigenvalue weighted by Gasteiger charge is -2.32. The summed E-state index contributed by atoms with van der Waals surface area (Å²) in [6.45, 7) is 4.35. The summed E-state index contributed by atoms with van der Waals surface area (Å²) in [5, 5.41) is 0. The first kappa shape index (κ1) is 13.1. The zero-order chi connectivity index (χ0) is 12.1. The minimum atomic E-state index is 0.712. The summed E-state index contributed by atoms with van der Waals surface area (Å²) in [5.74, 6) is 0.712. The molecule has 0 aliphatic carbocycles. The molecule has 0 radical (unpaired) electrons. The van der Waals surface area contributed by atoms with Gasteiger partial charge in [-0.15, -0.1) is 0 Å². The van der Waals surface area contributed by atoms with Gasteiger partial charge < -0.3 is 4.74 Å². The largest absolute Gasteiger partial charge is 0.384 e. The van der Waals surface area contributed by atoms with Gasteiger partial charge in [0.2, 0.25) is 0 Å². The number of ether oxygens (including phenoxy) is 1. The molecule has 0 saturated carbocycles. The molecule has 2 rings (SSSR count). The standard InChI is InChI=1S/C14H20BrNO/c1-17-11-13-3-2-8-16(10-13)9-12-4-6-14(15)7-5-12/h4-7,13H,2-3,8-11H2,1H3/t13-/m1/s1. The highest BCUT2D eigenvalue weighted by molar-refractivity contribution is 9.10. The molecular formula is C14H20BrNO. The highest BCUT2D eigenvalue weighted by atomic mass is 79.9. The molecular weight excluding hydrogens is 278 g/mol. The van der Waals surface area contributed by atoms with Gasteiger partial charge in [-0.25, -0.2) is 0 Å². The van der Waals surface area contributed by atoms with Crippen LogP contribution in [-0.2, 0) is 11.3 Å². The smallest absolute Gasteiger partial charge is 0.0502 e. The van der Waals surface area contributed by atoms with Crippen molar-refractivity contribution in [1.29, 1.82) is 0 Å². The highest BCUT2D eigenvalue weighted by Gasteiger charge is 2.19. The van der Waals surface area contributed by atoms with Crippen LogP contribution >= 0.6 is 15.9 Å². The maximum Gasteiger partial charge on any atom is 0.0502 e. The fourth-order valence-electron chi connectivity index (χ4n) is 2.51. The van der Waals surface area contributed by atoms with E-state index in [1.807, 2.05) is 0 Å². The monoisotopic (exact) mass is 297 g/mol. The van der Waals surface area contributed by atoms with Gasteiger partial charge >= 0.3 is 0 Å². The van der Waals surface area contributed by atoms with E-state index in [2.05, 4.69) is 45.1 Å². The molecule has 0 amide bonds. The number of halogens is 1. The first-order valence-corrected chi connectivity index (χ1v) is 7.03. The molecule has 0 spiro atoms. The molecule has 0 bridgehead atoms. The van der Waals surface area contributed by atoms with Crippen LogP contribution in [0.15, 0.2) is 28.7 Å². The number of benzene rings is 1. The lowest BCUT2D eigenvalue weighted by molar-refractivity contribution is 0.0874. The molecule has 17 heavy (non-hydrogen) atoms. The molecule has 1 aliphatic heterocycles. The number of nitrogens with zero attached hydrogens (tertiary/aromatic N) is 1. The summed E-state index contributed by atoms with van der Waals surface area (Å²) in [6, 6.07) is 8.63. The lowest BCUT2D eigenvalue weighted by atomic mass is 9.98. The molecule has 1 atom stereocenters. The van der Waals surface area contributed by atoms with Gasteiger partial charge in [0.05, 0.1) is 6.61 Å². The topological polar surface area (TPSA) is 12.5 Å². The highest BCUT2D eigenvalue weighted by Crippen LogP contribution is 2.19. The van der Waals surface area contributed by atoms with E-state index >= 15 is 0 Å². The van der Waals surface area contributed by atoms with Gasteiger partial charge in [-0.3, -0.25) is 4.90 Å². The third-order valence-corrected chi connectivity index (χ3v) is 3.85. The van der Waals surface area contributed by atoms with E-state index in [0.717, 1.165) is 17.6 Å². The Kier molecular flexibility index (Phi) is 5.01. The molecule has 1 heterocycles. The molecule has 0 unspecified atom stereocenters. The van der Waals surface area contributed by atoms with Crippen LogP contribution in [-0.4, -0.2) is 31.7 Å². The number of likely N-dealkylation sites (tertiary alicyclic amines) is 1. The Morgan fingerprint density at radius 3 is 2.82 bits per heavy atom. The molecule has 1 aromatic rings. The van der Waals surface area contributed by atoms with Crippen molar-refractivity contribution < 1.29 is 4.74 Å². The van der Waals surface area contributed by atoms with Crippen molar-refractivity contribution in [3.63, 3.8) is 0 Å². The van der Waals surface area contributed by atoms with Crippen LogP contribution in [0.1, 0.15) is 18.4 Å². The van der Waals surface area contributed by atoms with Gasteiger partial charge in [0.25, 0.3) is 0 Å². The van der Waals surface area contributed by atoms with E-state index in [-0.39, 0.29) is 0 Å². The zero-order valence-electron chi connectivity index (χ0n) is 10.4. The van der Waals surface area contributed by atoms with Crippen molar-refractivity contribution >= 4 is 15.9 Å². The third-order valence-electron chi connectivity index (χ3n) is 3.32. The number of hydrogen-bond donors (Lipinski definition) is 0. The fourth-order valence-corrected chi connectivity index (χ4v) is 2.78. The second-order valence-electron chi connectivity index (χ2n) is 4.83. The Labute approximate surface area is 112 Å². The fraction of sp³-hybridized carbons (Fsp3) is 0.571. The van der Waals surface area contributed by atoms with Crippen molar-refractivity contribution in [2.24, 2.45) is 5.92 Å². The van der Waals surface area contributed by atoms with Crippen LogP contribution in [0.4, 0.5) is 0 Å². The third kappa shape index (κ3) is 4.09. The second kappa shape index (κ2) is 6.53. The van der Waals surface area contributed by atoms with Crippen molar-refractivity contribution in [1.82, 2.24) is 4.90 Å². The van der Waals surface area contributed by atoms with Crippen LogP contribution in [0.3, 0.4) is 0 Å². The number of piperidine rings is 1. The van der Waals surface area contributed by atoms with Gasteiger partial charge in [0, 0.05) is 24.7 Å². The molecule has 94 valence electrons. The van der Waals surface area contributed by atoms with E-state index in [0.29, 0.717) is 5.92 Å².